The monoisotopic (exact) mass is 1820 g/mol. The molecule has 10 nitrogen and oxygen atoms in total. The second-order valence-corrected chi connectivity index (χ2v) is 44.2. The lowest BCUT2D eigenvalue weighted by Gasteiger charge is -2.35. The highest BCUT2D eigenvalue weighted by Crippen LogP contribution is 2.45. The zero-order chi connectivity index (χ0) is 92.1. The van der Waals surface area contributed by atoms with Crippen molar-refractivity contribution < 1.29 is 0 Å². The molecule has 12 heteroatoms. The van der Waals surface area contributed by atoms with Gasteiger partial charge in [-0.3, -0.25) is 18.3 Å². The summed E-state index contributed by atoms with van der Waals surface area (Å²) in [7, 11) is -6.41. The van der Waals surface area contributed by atoms with Crippen molar-refractivity contribution in [2.24, 2.45) is 0 Å². The van der Waals surface area contributed by atoms with Gasteiger partial charge in [-0.2, -0.15) is 4.98 Å². The number of benzene rings is 20. The molecule has 0 fully saturated rings. The second-order valence-electron chi connectivity index (χ2n) is 36.6. The molecule has 8 heterocycles. The Morgan fingerprint density at radius 3 is 0.686 bits per heavy atom. The number of aromatic nitrogens is 10. The van der Waals surface area contributed by atoms with Crippen LogP contribution in [0.1, 0.15) is 0 Å². The summed E-state index contributed by atoms with van der Waals surface area (Å²) >= 11 is 0. The van der Waals surface area contributed by atoms with Crippen LogP contribution in [0, 0.1) is 0 Å². The van der Waals surface area contributed by atoms with Crippen LogP contribution in [-0.2, 0) is 0 Å². The molecule has 0 spiro atoms. The van der Waals surface area contributed by atoms with E-state index in [1.54, 1.807) is 0 Å². The van der Waals surface area contributed by atoms with Gasteiger partial charge >= 0.3 is 0 Å². The Balaban J connectivity index is 0.667. The van der Waals surface area contributed by atoms with E-state index in [4.69, 9.17) is 19.9 Å². The van der Waals surface area contributed by atoms with Crippen LogP contribution in [0.3, 0.4) is 0 Å². The summed E-state index contributed by atoms with van der Waals surface area (Å²) < 4.78 is 14.3. The fraction of sp³-hybridized carbons (Fsp3) is 0. The lowest BCUT2D eigenvalue weighted by Crippen LogP contribution is -2.74. The summed E-state index contributed by atoms with van der Waals surface area (Å²) in [4.78, 5) is 24.3. The summed E-state index contributed by atoms with van der Waals surface area (Å²) in [6, 6.07) is 188. The number of hydrogen-bond acceptors (Lipinski definition) is 4. The highest BCUT2D eigenvalue weighted by molar-refractivity contribution is 7.20. The molecule has 28 rings (SSSR count). The summed E-state index contributed by atoms with van der Waals surface area (Å²) in [6.45, 7) is 0. The van der Waals surface area contributed by atoms with Crippen LogP contribution in [0.2, 0.25) is 0 Å². The second kappa shape index (κ2) is 32.3. The average molecular weight is 1820 g/mol. The van der Waals surface area contributed by atoms with Crippen molar-refractivity contribution >= 4 is 188 Å². The minimum atomic E-state index is -3.21. The van der Waals surface area contributed by atoms with Crippen LogP contribution >= 0.6 is 0 Å². The van der Waals surface area contributed by atoms with Gasteiger partial charge in [0.1, 0.15) is 17.5 Å². The van der Waals surface area contributed by atoms with Crippen LogP contribution in [0.25, 0.3) is 199 Å². The van der Waals surface area contributed by atoms with Crippen molar-refractivity contribution in [2.75, 3.05) is 0 Å². The van der Waals surface area contributed by atoms with Crippen molar-refractivity contribution in [3.63, 3.8) is 0 Å². The summed E-state index contributed by atoms with van der Waals surface area (Å²) in [6.07, 6.45) is 0. The minimum absolute atomic E-state index is 0.551. The molecule has 0 aliphatic rings. The van der Waals surface area contributed by atoms with Crippen molar-refractivity contribution in [1.82, 2.24) is 47.3 Å². The van der Waals surface area contributed by atoms with Crippen molar-refractivity contribution in [3.05, 3.63) is 510 Å². The molecule has 20 aromatic carbocycles. The maximum absolute atomic E-state index is 6.14. The maximum Gasteiger partial charge on any atom is 0.237 e. The molecule has 0 radical (unpaired) electrons. The Morgan fingerprint density at radius 2 is 0.386 bits per heavy atom. The largest absolute Gasteiger partial charge is 0.309 e. The highest BCUT2D eigenvalue weighted by Gasteiger charge is 2.44. The maximum atomic E-state index is 6.14. The van der Waals surface area contributed by atoms with Gasteiger partial charge < -0.3 is 9.13 Å². The van der Waals surface area contributed by atoms with Gasteiger partial charge in [0.05, 0.1) is 83.3 Å². The van der Waals surface area contributed by atoms with Crippen molar-refractivity contribution in [1.29, 1.82) is 0 Å². The molecule has 0 aliphatic carbocycles. The third-order valence-corrected chi connectivity index (χ3v) is 38.9. The van der Waals surface area contributed by atoms with Crippen LogP contribution < -0.4 is 41.5 Å². The standard InChI is InChI=1S/C128H84N10Si2/c1-7-39-87(40-8-1)139(88-41-9-2-10-42-88,89-43-11-3-12-44-89)93-73-77-122(133-110-61-29-19-51-95(110)96-52-20-30-62-111(96)133)107(81-93)109-83-124(132-128(129-109)138-118-69-37-25-57-101(118)102-58-26-38-70-119(102)138)136-116-67-35-27-59-103(116)105-79-85(71-75-120(105)136)86-72-76-121-106(80-86)104-60-28-36-68-117(104)137(121)126-84-125(135-114-65-33-23-55-99(114)100-56-24-34-66-115(100)135)130-127(131-126)108-82-94(74-78-123(108)134-112-63-31-21-53-97(112)98-54-22-32-64-113(98)134)140(90-45-13-4-14-46-90,91-47-15-5-16-48-91)92-49-17-6-18-50-92/h1-84H. The van der Waals surface area contributed by atoms with E-state index in [-0.39, 0.29) is 0 Å². The van der Waals surface area contributed by atoms with Crippen LogP contribution in [0.5, 0.6) is 0 Å². The van der Waals surface area contributed by atoms with E-state index < -0.39 is 16.1 Å². The molecular formula is C128H84N10Si2. The topological polar surface area (TPSA) is 81.1 Å². The molecule has 0 saturated heterocycles. The van der Waals surface area contributed by atoms with E-state index in [0.29, 0.717) is 11.8 Å². The number of hydrogen-bond donors (Lipinski definition) is 0. The van der Waals surface area contributed by atoms with Crippen molar-refractivity contribution in [3.8, 4) is 68.5 Å². The van der Waals surface area contributed by atoms with E-state index in [2.05, 4.69) is 537 Å². The Labute approximate surface area is 808 Å². The molecule has 0 amide bonds. The molecule has 28 aromatic rings. The third kappa shape index (κ3) is 12.2. The molecular weight excluding hydrogens is 1730 g/mol. The van der Waals surface area contributed by atoms with Gasteiger partial charge in [-0.1, -0.05) is 394 Å². The first-order valence-electron chi connectivity index (χ1n) is 47.9. The first-order valence-corrected chi connectivity index (χ1v) is 51.9. The van der Waals surface area contributed by atoms with Crippen LogP contribution in [0.15, 0.2) is 510 Å². The van der Waals surface area contributed by atoms with Gasteiger partial charge in [-0.15, -0.1) is 0 Å². The van der Waals surface area contributed by atoms with Gasteiger partial charge in [0, 0.05) is 87.9 Å². The van der Waals surface area contributed by atoms with E-state index in [0.717, 1.165) is 166 Å². The number of rotatable bonds is 17. The van der Waals surface area contributed by atoms with E-state index >= 15 is 0 Å². The lowest BCUT2D eigenvalue weighted by molar-refractivity contribution is 0.951. The number of nitrogens with zero attached hydrogens (tertiary/aromatic N) is 10. The number of fused-ring (bicyclic) bond motifs is 18. The van der Waals surface area contributed by atoms with Crippen LogP contribution in [-0.4, -0.2) is 63.5 Å². The average Bonchev–Trinajstić information content (AvgIpc) is 1.59. The molecule has 0 unspecified atom stereocenters. The zero-order valence-corrected chi connectivity index (χ0v) is 78.0. The van der Waals surface area contributed by atoms with Gasteiger partial charge in [-0.05, 0) is 156 Å². The molecule has 654 valence electrons. The minimum Gasteiger partial charge on any atom is -0.309 e. The smallest absolute Gasteiger partial charge is 0.237 e. The SMILES string of the molecule is c1ccc([Si](c2ccccc2)(c2ccccc2)c2ccc(-n3c4ccccc4c4ccccc43)c(-c3cc(-n4c5ccccc5c5cc(-c6ccc7c(c6)c6ccccc6n7-c6cc(-n7c8ccccc8c8ccccc87)nc(-c7cc([Si](c8ccccc8)(c8ccccc8)c8ccccc8)ccc7-n7c8ccccc8c8ccccc87)n6)ccc54)nc(-n4c5ccccc5c5ccccc54)n3)c2)cc1. The Morgan fingerprint density at radius 1 is 0.150 bits per heavy atom. The third-order valence-electron chi connectivity index (χ3n) is 29.4. The molecule has 0 N–H and O–H groups in total. The Kier molecular flexibility index (Phi) is 18.5. The predicted octanol–water partition coefficient (Wildman–Crippen LogP) is 25.6. The Bertz CT molecular complexity index is 8880. The predicted molar refractivity (Wildman–Crippen MR) is 587 cm³/mol. The first-order chi connectivity index (χ1) is 69.5. The molecule has 0 bridgehead atoms. The fourth-order valence-electron chi connectivity index (χ4n) is 23.5. The molecule has 8 aromatic heterocycles. The fourth-order valence-corrected chi connectivity index (χ4v) is 33.0. The van der Waals surface area contributed by atoms with E-state index in [1.807, 2.05) is 0 Å². The molecule has 140 heavy (non-hydrogen) atoms. The van der Waals surface area contributed by atoms with Gasteiger partial charge in [-0.25, -0.2) is 15.0 Å². The summed E-state index contributed by atoms with van der Waals surface area (Å²) in [5.74, 6) is 3.32. The van der Waals surface area contributed by atoms with Gasteiger partial charge in [0.15, 0.2) is 22.0 Å². The quantitative estimate of drug-likeness (QED) is 0.0672. The van der Waals surface area contributed by atoms with Gasteiger partial charge in [0.2, 0.25) is 5.95 Å². The van der Waals surface area contributed by atoms with E-state index in [1.165, 1.54) is 63.0 Å². The lowest BCUT2D eigenvalue weighted by atomic mass is 10.0. The van der Waals surface area contributed by atoms with E-state index in [9.17, 15) is 0 Å². The van der Waals surface area contributed by atoms with Gasteiger partial charge in [0.25, 0.3) is 0 Å². The summed E-state index contributed by atoms with van der Waals surface area (Å²) in [5, 5.41) is 23.6. The molecule has 0 aliphatic heterocycles. The highest BCUT2D eigenvalue weighted by atomic mass is 28.3. The number of para-hydroxylation sites is 10. The van der Waals surface area contributed by atoms with Crippen molar-refractivity contribution in [2.45, 2.75) is 0 Å². The Hall–Kier alpha value is -18.2. The zero-order valence-electron chi connectivity index (χ0n) is 76.0. The first kappa shape index (κ1) is 80.3. The molecule has 0 saturated carbocycles. The summed E-state index contributed by atoms with van der Waals surface area (Å²) in [5.41, 5.74) is 19.3. The normalized spacial score (nSPS) is 12.1. The molecule has 0 atom stereocenters. The van der Waals surface area contributed by atoms with Crippen LogP contribution in [0.4, 0.5) is 0 Å².